The predicted molar refractivity (Wildman–Crippen MR) is 91.7 cm³/mol. The number of ether oxygens (including phenoxy) is 2. The van der Waals surface area contributed by atoms with E-state index in [1.165, 1.54) is 20.3 Å². The van der Waals surface area contributed by atoms with Crippen molar-refractivity contribution in [1.29, 1.82) is 0 Å². The minimum absolute atomic E-state index is 0.222. The molecule has 120 valence electrons. The number of rotatable bonds is 6. The summed E-state index contributed by atoms with van der Waals surface area (Å²) in [6.07, 6.45) is 4.75. The van der Waals surface area contributed by atoms with Gasteiger partial charge in [0.2, 0.25) is 0 Å². The zero-order valence-corrected chi connectivity index (χ0v) is 14.1. The van der Waals surface area contributed by atoms with Gasteiger partial charge in [0.15, 0.2) is 16.4 Å². The van der Waals surface area contributed by atoms with E-state index in [1.807, 2.05) is 30.3 Å². The maximum atomic E-state index is 12.5. The molecule has 0 amide bonds. The maximum absolute atomic E-state index is 12.5. The summed E-state index contributed by atoms with van der Waals surface area (Å²) >= 11 is -1.27. The fourth-order valence-corrected chi connectivity index (χ4v) is 2.82. The number of methoxy groups -OCH3 is 2. The van der Waals surface area contributed by atoms with E-state index < -0.39 is 11.2 Å². The van der Waals surface area contributed by atoms with Crippen LogP contribution >= 0.6 is 0 Å². The summed E-state index contributed by atoms with van der Waals surface area (Å²) in [4.78, 5) is 12.9. The molecule has 0 heterocycles. The van der Waals surface area contributed by atoms with E-state index in [-0.39, 0.29) is 5.78 Å². The summed E-state index contributed by atoms with van der Waals surface area (Å²) in [6, 6.07) is 12.7. The molecule has 1 unspecified atom stereocenters. The van der Waals surface area contributed by atoms with Gasteiger partial charge in [0.1, 0.15) is 12.0 Å². The van der Waals surface area contributed by atoms with Crippen LogP contribution in [0.25, 0.3) is 6.08 Å². The second kappa shape index (κ2) is 7.85. The topological polar surface area (TPSA) is 58.6 Å². The van der Waals surface area contributed by atoms with Crippen LogP contribution in [-0.2, 0) is 11.2 Å². The van der Waals surface area contributed by atoms with Crippen LogP contribution in [0.3, 0.4) is 0 Å². The van der Waals surface area contributed by atoms with Crippen molar-refractivity contribution in [3.8, 4) is 11.5 Å². The molecule has 0 radical (unpaired) electrons. The first kappa shape index (κ1) is 17.1. The molecule has 0 saturated heterocycles. The summed E-state index contributed by atoms with van der Waals surface area (Å²) in [7, 11) is 2.97. The normalized spacial score (nSPS) is 12.2. The van der Waals surface area contributed by atoms with Gasteiger partial charge in [-0.25, -0.2) is 0 Å². The number of carbonyl (C=O) groups excluding carboxylic acids is 1. The minimum Gasteiger partial charge on any atom is -0.612 e. The lowest BCUT2D eigenvalue weighted by Gasteiger charge is -2.13. The van der Waals surface area contributed by atoms with Crippen LogP contribution in [-0.4, -0.2) is 30.8 Å². The number of hydrogen-bond donors (Lipinski definition) is 0. The smallest absolute Gasteiger partial charge is 0.195 e. The second-order valence-corrected chi connectivity index (χ2v) is 6.11. The fraction of sp³-hybridized carbons (Fsp3) is 0.167. The first-order valence-electron chi connectivity index (χ1n) is 6.93. The Hall–Kier alpha value is -2.24. The molecular formula is C18H18O4S. The third-order valence-electron chi connectivity index (χ3n) is 3.29. The maximum Gasteiger partial charge on any atom is 0.195 e. The molecule has 0 bridgehead atoms. The van der Waals surface area contributed by atoms with Gasteiger partial charge >= 0.3 is 0 Å². The molecular weight excluding hydrogens is 312 g/mol. The highest BCUT2D eigenvalue weighted by molar-refractivity contribution is 7.90. The summed E-state index contributed by atoms with van der Waals surface area (Å²) in [6.45, 7) is 0. The minimum atomic E-state index is -1.27. The Morgan fingerprint density at radius 3 is 2.30 bits per heavy atom. The zero-order valence-electron chi connectivity index (χ0n) is 13.2. The molecule has 0 aromatic heterocycles. The van der Waals surface area contributed by atoms with Crippen molar-refractivity contribution in [2.24, 2.45) is 0 Å². The average Bonchev–Trinajstić information content (AvgIpc) is 2.59. The molecule has 0 aliphatic rings. The Morgan fingerprint density at radius 2 is 1.74 bits per heavy atom. The van der Waals surface area contributed by atoms with Crippen LogP contribution in [0.15, 0.2) is 53.4 Å². The predicted octanol–water partition coefficient (Wildman–Crippen LogP) is 3.34. The number of carbonyl (C=O) groups is 1. The molecule has 0 spiro atoms. The van der Waals surface area contributed by atoms with Gasteiger partial charge in [-0.1, -0.05) is 36.4 Å². The van der Waals surface area contributed by atoms with Crippen molar-refractivity contribution < 1.29 is 18.8 Å². The van der Waals surface area contributed by atoms with Crippen molar-refractivity contribution in [3.63, 3.8) is 0 Å². The van der Waals surface area contributed by atoms with Gasteiger partial charge < -0.3 is 14.0 Å². The van der Waals surface area contributed by atoms with E-state index in [2.05, 4.69) is 0 Å². The largest absolute Gasteiger partial charge is 0.612 e. The Morgan fingerprint density at radius 1 is 1.09 bits per heavy atom. The first-order valence-corrected chi connectivity index (χ1v) is 8.49. The van der Waals surface area contributed by atoms with Crippen molar-refractivity contribution in [3.05, 3.63) is 59.7 Å². The molecule has 2 aromatic carbocycles. The third kappa shape index (κ3) is 4.15. The Bertz CT molecular complexity index is 708. The molecule has 5 heteroatoms. The van der Waals surface area contributed by atoms with Crippen LogP contribution in [0.2, 0.25) is 0 Å². The van der Waals surface area contributed by atoms with Gasteiger partial charge in [0.25, 0.3) is 0 Å². The van der Waals surface area contributed by atoms with Crippen molar-refractivity contribution >= 4 is 23.0 Å². The molecule has 2 rings (SSSR count). The highest BCUT2D eigenvalue weighted by Gasteiger charge is 2.20. The third-order valence-corrected chi connectivity index (χ3v) is 4.23. The zero-order chi connectivity index (χ0) is 16.8. The van der Waals surface area contributed by atoms with Crippen molar-refractivity contribution in [1.82, 2.24) is 0 Å². The van der Waals surface area contributed by atoms with Crippen LogP contribution in [0.4, 0.5) is 0 Å². The highest BCUT2D eigenvalue weighted by atomic mass is 32.2. The Kier molecular flexibility index (Phi) is 5.84. The lowest BCUT2D eigenvalue weighted by molar-refractivity contribution is 0.104. The number of benzene rings is 2. The highest BCUT2D eigenvalue weighted by Crippen LogP contribution is 2.32. The summed E-state index contributed by atoms with van der Waals surface area (Å²) < 4.78 is 22.3. The van der Waals surface area contributed by atoms with E-state index in [9.17, 15) is 9.35 Å². The monoisotopic (exact) mass is 330 g/mol. The molecule has 0 saturated carbocycles. The number of ketones is 1. The van der Waals surface area contributed by atoms with E-state index in [1.54, 1.807) is 24.5 Å². The molecule has 2 aromatic rings. The van der Waals surface area contributed by atoms with Crippen LogP contribution in [0.5, 0.6) is 11.5 Å². The Labute approximate surface area is 138 Å². The Balaban J connectivity index is 2.39. The van der Waals surface area contributed by atoms with E-state index in [4.69, 9.17) is 9.47 Å². The quantitative estimate of drug-likeness (QED) is 0.463. The van der Waals surface area contributed by atoms with Gasteiger partial charge in [0.05, 0.1) is 19.8 Å². The van der Waals surface area contributed by atoms with Crippen LogP contribution in [0, 0.1) is 0 Å². The molecule has 0 N–H and O–H groups in total. The second-order valence-electron chi connectivity index (χ2n) is 4.77. The van der Waals surface area contributed by atoms with Crippen molar-refractivity contribution in [2.75, 3.05) is 20.5 Å². The van der Waals surface area contributed by atoms with Gasteiger partial charge in [-0.15, -0.1) is 0 Å². The molecule has 4 nitrogen and oxygen atoms in total. The first-order chi connectivity index (χ1) is 11.1. The molecule has 0 fully saturated rings. The van der Waals surface area contributed by atoms with Gasteiger partial charge in [-0.2, -0.15) is 0 Å². The molecule has 0 aliphatic carbocycles. The average molecular weight is 330 g/mol. The molecule has 0 aliphatic heterocycles. The lowest BCUT2D eigenvalue weighted by Crippen LogP contribution is -2.06. The fourth-order valence-electron chi connectivity index (χ4n) is 2.11. The van der Waals surface area contributed by atoms with Crippen LogP contribution in [0.1, 0.15) is 15.9 Å². The van der Waals surface area contributed by atoms with Gasteiger partial charge in [-0.05, 0) is 22.8 Å². The number of hydrogen-bond acceptors (Lipinski definition) is 4. The summed E-state index contributed by atoms with van der Waals surface area (Å²) in [5, 5.41) is 0. The van der Waals surface area contributed by atoms with Gasteiger partial charge in [0, 0.05) is 12.1 Å². The van der Waals surface area contributed by atoms with E-state index in [0.717, 1.165) is 5.56 Å². The van der Waals surface area contributed by atoms with E-state index >= 15 is 0 Å². The summed E-state index contributed by atoms with van der Waals surface area (Å²) in [5.74, 6) is 0.602. The molecule has 1 atom stereocenters. The van der Waals surface area contributed by atoms with Crippen LogP contribution < -0.4 is 9.47 Å². The SMILES string of the molecule is COc1cc(OC)c([S+](C)[O-])cc1C(=O)C=Cc1ccccc1. The van der Waals surface area contributed by atoms with E-state index in [0.29, 0.717) is 22.0 Å². The number of allylic oxidation sites excluding steroid dienone is 1. The van der Waals surface area contributed by atoms with Crippen molar-refractivity contribution in [2.45, 2.75) is 4.90 Å². The standard InChI is InChI=1S/C18H18O4S/c1-21-16-12-17(22-2)18(23(3)20)11-14(16)15(19)10-9-13-7-5-4-6-8-13/h4-12H,1-3H3. The van der Waals surface area contributed by atoms with Gasteiger partial charge in [-0.3, -0.25) is 4.79 Å². The summed E-state index contributed by atoms with van der Waals surface area (Å²) in [5.41, 5.74) is 1.28. The lowest BCUT2D eigenvalue weighted by atomic mass is 10.1. The molecule has 23 heavy (non-hydrogen) atoms.